The van der Waals surface area contributed by atoms with Crippen LogP contribution in [0.4, 0.5) is 5.69 Å². The molecule has 0 aliphatic heterocycles. The van der Waals surface area contributed by atoms with Gasteiger partial charge in [0.15, 0.2) is 0 Å². The molecule has 0 radical (unpaired) electrons. The lowest BCUT2D eigenvalue weighted by Crippen LogP contribution is -2.36. The number of nitrogens with one attached hydrogen (secondary N) is 2. The maximum Gasteiger partial charge on any atom is 0.258 e. The summed E-state index contributed by atoms with van der Waals surface area (Å²) in [6.07, 6.45) is 0. The van der Waals surface area contributed by atoms with Crippen molar-refractivity contribution < 1.29 is 14.3 Å². The molecule has 8 heteroatoms. The molecule has 29 heavy (non-hydrogen) atoms. The first-order valence-corrected chi connectivity index (χ1v) is 9.23. The molecular weight excluding hydrogens is 372 g/mol. The van der Waals surface area contributed by atoms with E-state index < -0.39 is 0 Å². The van der Waals surface area contributed by atoms with Crippen LogP contribution < -0.4 is 15.6 Å². The maximum absolute atomic E-state index is 12.6. The highest BCUT2D eigenvalue weighted by Crippen LogP contribution is 2.22. The van der Waals surface area contributed by atoms with Crippen molar-refractivity contribution in [3.8, 4) is 5.75 Å². The number of nitrogens with zero attached hydrogens (tertiary/aromatic N) is 2. The molecule has 2 aromatic carbocycles. The number of hydrogen-bond acceptors (Lipinski definition) is 6. The molecule has 0 aliphatic rings. The fourth-order valence-electron chi connectivity index (χ4n) is 3.00. The van der Waals surface area contributed by atoms with Crippen molar-refractivity contribution in [2.75, 3.05) is 39.2 Å². The molecule has 0 aliphatic carbocycles. The highest BCUT2D eigenvalue weighted by Gasteiger charge is 2.15. The quantitative estimate of drug-likeness (QED) is 0.574. The second kappa shape index (κ2) is 9.81. The van der Waals surface area contributed by atoms with Crippen LogP contribution in [0.25, 0.3) is 10.9 Å². The zero-order chi connectivity index (χ0) is 20.6. The number of hydrogen-bond donors (Lipinski definition) is 2. The van der Waals surface area contributed by atoms with Gasteiger partial charge in [0.25, 0.3) is 5.56 Å². The van der Waals surface area contributed by atoms with Crippen molar-refractivity contribution in [3.05, 3.63) is 64.7 Å². The molecule has 0 saturated carbocycles. The Kier molecular flexibility index (Phi) is 6.94. The van der Waals surface area contributed by atoms with Gasteiger partial charge < -0.3 is 19.8 Å². The van der Waals surface area contributed by atoms with Gasteiger partial charge in [-0.25, -0.2) is 4.98 Å². The normalized spacial score (nSPS) is 11.0. The lowest BCUT2D eigenvalue weighted by molar-refractivity contribution is -0.117. The summed E-state index contributed by atoms with van der Waals surface area (Å²) < 4.78 is 10.4. The summed E-state index contributed by atoms with van der Waals surface area (Å²) >= 11 is 0. The number of aromatic nitrogens is 2. The molecule has 0 fully saturated rings. The first-order valence-electron chi connectivity index (χ1n) is 9.23. The number of carbonyl (C=O) groups is 1. The lowest BCUT2D eigenvalue weighted by Gasteiger charge is -2.21. The van der Waals surface area contributed by atoms with E-state index in [1.165, 1.54) is 0 Å². The van der Waals surface area contributed by atoms with Gasteiger partial charge in [0, 0.05) is 13.7 Å². The van der Waals surface area contributed by atoms with Crippen molar-refractivity contribution in [3.63, 3.8) is 0 Å². The van der Waals surface area contributed by atoms with Crippen LogP contribution in [0.15, 0.2) is 53.3 Å². The van der Waals surface area contributed by atoms with Gasteiger partial charge >= 0.3 is 0 Å². The van der Waals surface area contributed by atoms with Crippen LogP contribution in [0.2, 0.25) is 0 Å². The summed E-state index contributed by atoms with van der Waals surface area (Å²) in [4.78, 5) is 34.1. The van der Waals surface area contributed by atoms with Crippen molar-refractivity contribution >= 4 is 22.5 Å². The first-order chi connectivity index (χ1) is 14.1. The number of benzene rings is 2. The number of rotatable bonds is 9. The van der Waals surface area contributed by atoms with E-state index in [0.717, 1.165) is 0 Å². The number of amides is 1. The molecule has 0 unspecified atom stereocenters. The number of anilines is 1. The SMILES string of the molecule is COCCN(CC(=O)Nc1ccccc1OC)Cc1nc2ccccc2c(=O)[nH]1. The van der Waals surface area contributed by atoms with Gasteiger partial charge in [-0.3, -0.25) is 14.5 Å². The molecule has 1 amide bonds. The van der Waals surface area contributed by atoms with Crippen molar-refractivity contribution in [2.45, 2.75) is 6.54 Å². The van der Waals surface area contributed by atoms with E-state index in [9.17, 15) is 9.59 Å². The number of H-pyrrole nitrogens is 1. The van der Waals surface area contributed by atoms with Crippen molar-refractivity contribution in [1.29, 1.82) is 0 Å². The van der Waals surface area contributed by atoms with Crippen LogP contribution in [-0.2, 0) is 16.1 Å². The van der Waals surface area contributed by atoms with Crippen LogP contribution in [-0.4, -0.2) is 54.7 Å². The molecule has 1 aromatic heterocycles. The third-order valence-electron chi connectivity index (χ3n) is 4.40. The zero-order valence-electron chi connectivity index (χ0n) is 16.5. The van der Waals surface area contributed by atoms with E-state index in [0.29, 0.717) is 47.9 Å². The fourth-order valence-corrected chi connectivity index (χ4v) is 3.00. The van der Waals surface area contributed by atoms with E-state index in [-0.39, 0.29) is 18.0 Å². The maximum atomic E-state index is 12.6. The Labute approximate surface area is 168 Å². The molecule has 0 spiro atoms. The first kappa shape index (κ1) is 20.5. The van der Waals surface area contributed by atoms with E-state index in [2.05, 4.69) is 15.3 Å². The van der Waals surface area contributed by atoms with E-state index in [1.807, 2.05) is 23.1 Å². The van der Waals surface area contributed by atoms with Crippen molar-refractivity contribution in [1.82, 2.24) is 14.9 Å². The van der Waals surface area contributed by atoms with E-state index in [4.69, 9.17) is 9.47 Å². The molecule has 152 valence electrons. The zero-order valence-corrected chi connectivity index (χ0v) is 16.5. The molecule has 8 nitrogen and oxygen atoms in total. The molecule has 2 N–H and O–H groups in total. The van der Waals surface area contributed by atoms with Crippen LogP contribution in [0.5, 0.6) is 5.75 Å². The molecular formula is C21H24N4O4. The third kappa shape index (κ3) is 5.40. The average Bonchev–Trinajstić information content (AvgIpc) is 2.72. The number of fused-ring (bicyclic) bond motifs is 1. The molecule has 0 atom stereocenters. The molecule has 3 aromatic rings. The smallest absolute Gasteiger partial charge is 0.258 e. The lowest BCUT2D eigenvalue weighted by atomic mass is 10.2. The standard InChI is InChI=1S/C21H24N4O4/c1-28-12-11-25(14-20(26)23-17-9-5-6-10-18(17)29-2)13-19-22-16-8-4-3-7-15(16)21(27)24-19/h3-10H,11-14H2,1-2H3,(H,23,26)(H,22,24,27). The second-order valence-electron chi connectivity index (χ2n) is 6.48. The minimum absolute atomic E-state index is 0.109. The topological polar surface area (TPSA) is 96.5 Å². The highest BCUT2D eigenvalue weighted by molar-refractivity contribution is 5.93. The van der Waals surface area contributed by atoms with E-state index >= 15 is 0 Å². The fraction of sp³-hybridized carbons (Fsp3) is 0.286. The number of ether oxygens (including phenoxy) is 2. The van der Waals surface area contributed by atoms with Gasteiger partial charge in [-0.1, -0.05) is 24.3 Å². The second-order valence-corrected chi connectivity index (χ2v) is 6.48. The van der Waals surface area contributed by atoms with Gasteiger partial charge in [0.05, 0.1) is 43.4 Å². The van der Waals surface area contributed by atoms with Gasteiger partial charge in [0.1, 0.15) is 11.6 Å². The van der Waals surface area contributed by atoms with Crippen LogP contribution in [0.3, 0.4) is 0 Å². The van der Waals surface area contributed by atoms with Crippen LogP contribution >= 0.6 is 0 Å². The number of methoxy groups -OCH3 is 2. The monoisotopic (exact) mass is 396 g/mol. The number of aromatic amines is 1. The Morgan fingerprint density at radius 2 is 1.90 bits per heavy atom. The summed E-state index contributed by atoms with van der Waals surface area (Å²) in [5.41, 5.74) is 1.02. The number of carbonyl (C=O) groups excluding carboxylic acids is 1. The summed E-state index contributed by atoms with van der Waals surface area (Å²) in [7, 11) is 3.15. The predicted molar refractivity (Wildman–Crippen MR) is 111 cm³/mol. The molecule has 3 rings (SSSR count). The minimum Gasteiger partial charge on any atom is -0.495 e. The largest absolute Gasteiger partial charge is 0.495 e. The number of para-hydroxylation sites is 3. The Balaban J connectivity index is 1.74. The Morgan fingerprint density at radius 1 is 1.14 bits per heavy atom. The molecule has 0 bridgehead atoms. The summed E-state index contributed by atoms with van der Waals surface area (Å²) in [6, 6.07) is 14.4. The predicted octanol–water partition coefficient (Wildman–Crippen LogP) is 2.02. The Morgan fingerprint density at radius 3 is 2.69 bits per heavy atom. The molecule has 1 heterocycles. The summed E-state index contributed by atoms with van der Waals surface area (Å²) in [5, 5.41) is 3.39. The van der Waals surface area contributed by atoms with Gasteiger partial charge in [-0.05, 0) is 24.3 Å². The van der Waals surface area contributed by atoms with Crippen molar-refractivity contribution in [2.24, 2.45) is 0 Å². The molecule has 0 saturated heterocycles. The Bertz CT molecular complexity index is 1030. The van der Waals surface area contributed by atoms with Crippen LogP contribution in [0, 0.1) is 0 Å². The van der Waals surface area contributed by atoms with Gasteiger partial charge in [0.2, 0.25) is 5.91 Å². The van der Waals surface area contributed by atoms with E-state index in [1.54, 1.807) is 44.6 Å². The highest BCUT2D eigenvalue weighted by atomic mass is 16.5. The summed E-state index contributed by atoms with van der Waals surface area (Å²) in [6.45, 7) is 1.37. The van der Waals surface area contributed by atoms with Gasteiger partial charge in [-0.15, -0.1) is 0 Å². The Hall–Kier alpha value is -3.23. The third-order valence-corrected chi connectivity index (χ3v) is 4.40. The van der Waals surface area contributed by atoms with Crippen LogP contribution in [0.1, 0.15) is 5.82 Å². The average molecular weight is 396 g/mol. The minimum atomic E-state index is -0.200. The van der Waals surface area contributed by atoms with Gasteiger partial charge in [-0.2, -0.15) is 0 Å². The summed E-state index contributed by atoms with van der Waals surface area (Å²) in [5.74, 6) is 0.883.